The van der Waals surface area contributed by atoms with E-state index in [-0.39, 0.29) is 85.5 Å². The van der Waals surface area contributed by atoms with Gasteiger partial charge in [-0.3, -0.25) is 4.21 Å². The van der Waals surface area contributed by atoms with Crippen molar-refractivity contribution in [1.82, 2.24) is 0 Å². The summed E-state index contributed by atoms with van der Waals surface area (Å²) in [6.45, 7) is 0. The Balaban J connectivity index is -0.0000000975. The number of rotatable bonds is 3. The molecule has 0 heterocycles. The molecular formula is C27H48N3O3S3W3-3. The molecule has 0 bridgehead atoms. The summed E-state index contributed by atoms with van der Waals surface area (Å²) >= 11 is 1.65. The summed E-state index contributed by atoms with van der Waals surface area (Å²) in [6.07, 6.45) is 14.2. The van der Waals surface area contributed by atoms with Crippen LogP contribution < -0.4 is 0 Å². The van der Waals surface area contributed by atoms with E-state index in [1.54, 1.807) is 32.1 Å². The topological polar surface area (TPSA) is 88.3 Å². The van der Waals surface area contributed by atoms with E-state index < -0.39 is 20.6 Å². The Morgan fingerprint density at radius 3 is 1.44 bits per heavy atom. The van der Waals surface area contributed by atoms with Gasteiger partial charge in [0.15, 0.2) is 0 Å². The summed E-state index contributed by atoms with van der Waals surface area (Å²) in [5.74, 6) is 0. The van der Waals surface area contributed by atoms with Crippen LogP contribution in [0.2, 0.25) is 0 Å². The van der Waals surface area contributed by atoms with Crippen LogP contribution in [0.4, 0.5) is 0 Å². The van der Waals surface area contributed by atoms with Crippen LogP contribution in [-0.4, -0.2) is 69.7 Å². The predicted molar refractivity (Wildman–Crippen MR) is 165 cm³/mol. The first-order chi connectivity index (χ1) is 15.6. The first-order valence-corrected chi connectivity index (χ1v) is 15.6. The van der Waals surface area contributed by atoms with Gasteiger partial charge in [0.05, 0.1) is 9.84 Å². The van der Waals surface area contributed by atoms with Crippen molar-refractivity contribution in [3.63, 3.8) is 0 Å². The maximum absolute atomic E-state index is 10.9. The molecule has 0 radical (unpaired) electrons. The summed E-state index contributed by atoms with van der Waals surface area (Å²) in [4.78, 5) is 12.3. The van der Waals surface area contributed by atoms with Crippen LogP contribution in [-0.2, 0) is 83.8 Å². The minimum Gasteiger partial charge on any atom is -0.386 e. The molecule has 1 atom stereocenters. The molecule has 3 aliphatic carbocycles. The van der Waals surface area contributed by atoms with Crippen LogP contribution in [0, 0.1) is 16.2 Å². The predicted octanol–water partition coefficient (Wildman–Crippen LogP) is 6.47. The van der Waals surface area contributed by atoms with E-state index in [2.05, 4.69) is 31.2 Å². The van der Waals surface area contributed by atoms with Crippen molar-refractivity contribution < 1.29 is 75.8 Å². The maximum Gasteiger partial charge on any atom is 0.0936 e. The van der Waals surface area contributed by atoms with Crippen LogP contribution in [0.5, 0.6) is 0 Å². The Morgan fingerprint density at radius 2 is 1.08 bits per heavy atom. The smallest absolute Gasteiger partial charge is 0.0936 e. The molecule has 1 unspecified atom stereocenters. The second kappa shape index (κ2) is 28.8. The van der Waals surface area contributed by atoms with Gasteiger partial charge in [-0.05, 0) is 23.3 Å². The van der Waals surface area contributed by atoms with Gasteiger partial charge in [0, 0.05) is 90.6 Å². The molecule has 0 spiro atoms. The number of nitrogens with zero attached hydrogens (tertiary/aromatic N) is 3. The van der Waals surface area contributed by atoms with Crippen molar-refractivity contribution >= 4 is 49.5 Å². The second-order valence-corrected chi connectivity index (χ2v) is 11.2. The molecule has 0 aromatic carbocycles. The number of aliphatic imine (C=N–C) groups is 3. The Bertz CT molecular complexity index is 989. The van der Waals surface area contributed by atoms with E-state index in [1.165, 1.54) is 24.1 Å². The third-order valence-corrected chi connectivity index (χ3v) is 6.78. The van der Waals surface area contributed by atoms with Crippen molar-refractivity contribution in [3.05, 3.63) is 32.9 Å². The standard InChI is InChI=1S/C8H12NO2S.C8H12NOS.C8H12NS.3CH4.3W/c1-9-8-5-3-4-7(8)6-12(2,10)11;1-9-8-5-3-4-7(8)6-11(2)10;1-9-8-5-3-4-7(8)6-10-2;;;;;;/h3-5H2,1-2H3;3-5H2,1-2H3;3-5H2,1-2H3;3*1H4;;;/q3*-1;;;;;;. The molecule has 0 saturated heterocycles. The van der Waals surface area contributed by atoms with Crippen LogP contribution in [0.3, 0.4) is 0 Å². The zero-order valence-electron chi connectivity index (χ0n) is 21.9. The summed E-state index contributed by atoms with van der Waals surface area (Å²) in [5, 5.41) is 8.63. The molecule has 3 rings (SSSR count). The van der Waals surface area contributed by atoms with Gasteiger partial charge in [-0.25, -0.2) is 25.6 Å². The quantitative estimate of drug-likeness (QED) is 0.304. The van der Waals surface area contributed by atoms with Gasteiger partial charge in [-0.15, -0.1) is 22.5 Å². The van der Waals surface area contributed by atoms with Crippen molar-refractivity contribution in [1.29, 1.82) is 0 Å². The fourth-order valence-electron chi connectivity index (χ4n) is 3.77. The molecule has 6 nitrogen and oxygen atoms in total. The Morgan fingerprint density at radius 1 is 0.718 bits per heavy atom. The van der Waals surface area contributed by atoms with Gasteiger partial charge in [-0.1, -0.05) is 80.1 Å². The van der Waals surface area contributed by atoms with E-state index in [9.17, 15) is 12.6 Å². The largest absolute Gasteiger partial charge is 0.386 e. The third-order valence-electron chi connectivity index (χ3n) is 5.18. The van der Waals surface area contributed by atoms with Crippen LogP contribution in [0.1, 0.15) is 80.1 Å². The fourth-order valence-corrected chi connectivity index (χ4v) is 5.47. The average Bonchev–Trinajstić information content (AvgIpc) is 3.48. The Hall–Kier alpha value is 0.745. The summed E-state index contributed by atoms with van der Waals surface area (Å²) < 4.78 is 32.5. The minimum atomic E-state index is -3.12. The first-order valence-electron chi connectivity index (χ1n) is 11.0. The summed E-state index contributed by atoms with van der Waals surface area (Å²) in [7, 11) is 1.26. The molecule has 0 amide bonds. The monoisotopic (exact) mass is 1110 g/mol. The fraction of sp³-hybridized carbons (Fsp3) is 0.667. The first kappa shape index (κ1) is 52.4. The number of hydrogen-bond acceptors (Lipinski definition) is 7. The summed E-state index contributed by atoms with van der Waals surface area (Å²) in [5.41, 5.74) is 6.39. The molecule has 39 heavy (non-hydrogen) atoms. The summed E-state index contributed by atoms with van der Waals surface area (Å²) in [6, 6.07) is 0. The van der Waals surface area contributed by atoms with E-state index in [4.69, 9.17) is 0 Å². The SMILES string of the molecule is C.C.C.CN=C1CCCC1=[C-]S(C)(=O)=O.CN=C1CCCC1=[C-]S(C)=O.CN=C1CCCC1=[C-]SC.[W].[W].[W]. The van der Waals surface area contributed by atoms with E-state index in [1.807, 2.05) is 13.3 Å². The van der Waals surface area contributed by atoms with Crippen molar-refractivity contribution in [2.24, 2.45) is 15.0 Å². The molecule has 0 N–H and O–H groups in total. The normalized spacial score (nSPS) is 22.6. The van der Waals surface area contributed by atoms with Gasteiger partial charge in [0.25, 0.3) is 0 Å². The number of sulfone groups is 1. The molecule has 0 aromatic heterocycles. The molecular weight excluding hydrogens is 1060 g/mol. The molecule has 3 fully saturated rings. The van der Waals surface area contributed by atoms with Gasteiger partial charge < -0.3 is 15.0 Å². The van der Waals surface area contributed by atoms with Crippen molar-refractivity contribution in [2.75, 3.05) is 39.9 Å². The Labute approximate surface area is 290 Å². The van der Waals surface area contributed by atoms with Crippen LogP contribution in [0.25, 0.3) is 0 Å². The molecule has 0 aliphatic heterocycles. The van der Waals surface area contributed by atoms with Gasteiger partial charge in [-0.2, -0.15) is 22.1 Å². The maximum atomic E-state index is 10.9. The van der Waals surface area contributed by atoms with E-state index >= 15 is 0 Å². The van der Waals surface area contributed by atoms with Gasteiger partial charge >= 0.3 is 0 Å². The van der Waals surface area contributed by atoms with Gasteiger partial charge in [0.2, 0.25) is 0 Å². The zero-order valence-corrected chi connectivity index (χ0v) is 33.1. The molecule has 12 heteroatoms. The molecule has 228 valence electrons. The van der Waals surface area contributed by atoms with Crippen molar-refractivity contribution in [3.8, 4) is 0 Å². The van der Waals surface area contributed by atoms with E-state index in [0.717, 1.165) is 73.8 Å². The average molecular weight is 1110 g/mol. The number of hydrogen-bond donors (Lipinski definition) is 0. The minimum absolute atomic E-state index is 0. The Kier molecular flexibility index (Phi) is 38.8. The van der Waals surface area contributed by atoms with Crippen LogP contribution >= 0.6 is 11.8 Å². The zero-order chi connectivity index (χ0) is 24.9. The van der Waals surface area contributed by atoms with Crippen molar-refractivity contribution in [2.45, 2.75) is 80.1 Å². The molecule has 3 saturated carbocycles. The number of thioether (sulfide) groups is 1. The molecule has 3 aliphatic rings. The third kappa shape index (κ3) is 22.0. The number of allylic oxidation sites excluding steroid dienone is 3. The van der Waals surface area contributed by atoms with E-state index in [0.29, 0.717) is 0 Å². The molecule has 0 aromatic rings. The van der Waals surface area contributed by atoms with Crippen LogP contribution in [0.15, 0.2) is 31.7 Å². The van der Waals surface area contributed by atoms with Gasteiger partial charge in [0.1, 0.15) is 0 Å². The second-order valence-electron chi connectivity index (χ2n) is 7.74.